The van der Waals surface area contributed by atoms with Crippen molar-refractivity contribution in [3.63, 3.8) is 0 Å². The molecule has 3 rings (SSSR count). The van der Waals surface area contributed by atoms with Gasteiger partial charge < -0.3 is 13.8 Å². The molecule has 0 spiro atoms. The Labute approximate surface area is 138 Å². The third-order valence-corrected chi connectivity index (χ3v) is 4.66. The van der Waals surface area contributed by atoms with E-state index in [0.29, 0.717) is 11.1 Å². The summed E-state index contributed by atoms with van der Waals surface area (Å²) in [6.45, 7) is 6.60. The van der Waals surface area contributed by atoms with Gasteiger partial charge in [-0.15, -0.1) is 10.2 Å². The zero-order chi connectivity index (χ0) is 16.4. The van der Waals surface area contributed by atoms with Crippen LogP contribution < -0.4 is 0 Å². The van der Waals surface area contributed by atoms with Gasteiger partial charge in [0.1, 0.15) is 11.5 Å². The van der Waals surface area contributed by atoms with Gasteiger partial charge in [-0.25, -0.2) is 0 Å². The van der Waals surface area contributed by atoms with Crippen LogP contribution >= 0.6 is 11.8 Å². The summed E-state index contributed by atoms with van der Waals surface area (Å²) in [5, 5.41) is 12.2. The van der Waals surface area contributed by atoms with E-state index in [9.17, 15) is 4.79 Å². The Morgan fingerprint density at radius 3 is 2.96 bits per heavy atom. The molecule has 1 atom stereocenters. The Morgan fingerprint density at radius 2 is 2.30 bits per heavy atom. The molecule has 0 aliphatic carbocycles. The highest BCUT2D eigenvalue weighted by Crippen LogP contribution is 2.33. The molecule has 8 heteroatoms. The first-order valence-corrected chi connectivity index (χ1v) is 8.72. The van der Waals surface area contributed by atoms with Crippen molar-refractivity contribution in [1.29, 1.82) is 0 Å². The van der Waals surface area contributed by atoms with Gasteiger partial charge in [0.05, 0.1) is 11.8 Å². The number of amides is 1. The second-order valence-corrected chi connectivity index (χ2v) is 6.86. The third kappa shape index (κ3) is 3.57. The average Bonchev–Trinajstić information content (AvgIpc) is 3.24. The van der Waals surface area contributed by atoms with Crippen LogP contribution in [0.2, 0.25) is 0 Å². The predicted octanol–water partition coefficient (Wildman–Crippen LogP) is 2.95. The highest BCUT2D eigenvalue weighted by molar-refractivity contribution is 7.99. The second-order valence-electron chi connectivity index (χ2n) is 5.93. The molecule has 1 amide bonds. The van der Waals surface area contributed by atoms with Gasteiger partial charge in [-0.2, -0.15) is 0 Å². The fourth-order valence-corrected chi connectivity index (χ4v) is 3.34. The molecule has 7 nitrogen and oxygen atoms in total. The van der Waals surface area contributed by atoms with E-state index in [4.69, 9.17) is 8.94 Å². The highest BCUT2D eigenvalue weighted by atomic mass is 32.2. The number of hydrogen-bond acceptors (Lipinski definition) is 7. The average molecular weight is 336 g/mol. The van der Waals surface area contributed by atoms with E-state index in [1.165, 1.54) is 11.8 Å². The summed E-state index contributed by atoms with van der Waals surface area (Å²) in [5.74, 6) is 1.99. The number of aryl methyl sites for hydroxylation is 1. The third-order valence-electron chi connectivity index (χ3n) is 3.86. The molecule has 0 N–H and O–H groups in total. The first-order chi connectivity index (χ1) is 11.0. The largest absolute Gasteiger partial charge is 0.416 e. The summed E-state index contributed by atoms with van der Waals surface area (Å²) in [5.41, 5.74) is 0.846. The Balaban J connectivity index is 1.64. The lowest BCUT2D eigenvalue weighted by molar-refractivity contribution is -0.129. The van der Waals surface area contributed by atoms with Gasteiger partial charge in [-0.1, -0.05) is 30.8 Å². The number of likely N-dealkylation sites (tertiary alicyclic amines) is 1. The second kappa shape index (κ2) is 6.74. The fourth-order valence-electron chi connectivity index (χ4n) is 2.65. The summed E-state index contributed by atoms with van der Waals surface area (Å²) < 4.78 is 10.7. The fraction of sp³-hybridized carbons (Fsp3) is 0.600. The molecule has 1 aliphatic heterocycles. The Morgan fingerprint density at radius 1 is 1.48 bits per heavy atom. The Hall–Kier alpha value is -1.83. The van der Waals surface area contributed by atoms with Crippen LogP contribution in [-0.2, 0) is 4.79 Å². The van der Waals surface area contributed by atoms with Crippen LogP contribution in [0.15, 0.2) is 20.2 Å². The summed E-state index contributed by atoms with van der Waals surface area (Å²) in [6, 6.07) is 1.97. The molecule has 1 fully saturated rings. The van der Waals surface area contributed by atoms with Crippen molar-refractivity contribution in [3.05, 3.63) is 23.4 Å². The van der Waals surface area contributed by atoms with E-state index in [1.54, 1.807) is 6.92 Å². The van der Waals surface area contributed by atoms with Crippen molar-refractivity contribution < 1.29 is 13.7 Å². The summed E-state index contributed by atoms with van der Waals surface area (Å²) in [7, 11) is 0. The van der Waals surface area contributed by atoms with E-state index in [2.05, 4.69) is 29.2 Å². The molecule has 0 radical (unpaired) electrons. The molecule has 0 unspecified atom stereocenters. The Bertz CT molecular complexity index is 682. The molecule has 23 heavy (non-hydrogen) atoms. The zero-order valence-electron chi connectivity index (χ0n) is 13.5. The standard InChI is InChI=1S/C15H20N4O3S/c1-9(2)13-7-11(18-22-13)12-5-4-6-19(12)14(20)8-23-15-17-16-10(3)21-15/h7,9,12H,4-6,8H2,1-3H3/t12-/m0/s1. The maximum Gasteiger partial charge on any atom is 0.277 e. The topological polar surface area (TPSA) is 85.3 Å². The van der Waals surface area contributed by atoms with Crippen molar-refractivity contribution in [3.8, 4) is 0 Å². The number of nitrogens with zero attached hydrogens (tertiary/aromatic N) is 4. The number of hydrogen-bond donors (Lipinski definition) is 0. The lowest BCUT2D eigenvalue weighted by Gasteiger charge is -2.22. The molecule has 0 saturated carbocycles. The SMILES string of the molecule is Cc1nnc(SCC(=O)N2CCC[C@H]2c2cc(C(C)C)on2)o1. The van der Waals surface area contributed by atoms with Gasteiger partial charge in [-0.3, -0.25) is 4.79 Å². The minimum atomic E-state index is 0.00349. The van der Waals surface area contributed by atoms with E-state index in [0.717, 1.165) is 30.8 Å². The summed E-state index contributed by atoms with van der Waals surface area (Å²) in [6.07, 6.45) is 1.89. The van der Waals surface area contributed by atoms with Crippen LogP contribution in [0, 0.1) is 6.92 Å². The number of thioether (sulfide) groups is 1. The highest BCUT2D eigenvalue weighted by Gasteiger charge is 2.32. The number of carbonyl (C=O) groups is 1. The molecule has 124 valence electrons. The van der Waals surface area contributed by atoms with Crippen molar-refractivity contribution in [2.75, 3.05) is 12.3 Å². The lowest BCUT2D eigenvalue weighted by atomic mass is 10.1. The molecule has 3 heterocycles. The molecular formula is C15H20N4O3S. The van der Waals surface area contributed by atoms with Crippen molar-refractivity contribution in [2.45, 2.75) is 50.8 Å². The maximum atomic E-state index is 12.5. The van der Waals surface area contributed by atoms with Crippen LogP contribution in [0.4, 0.5) is 0 Å². The Kier molecular flexibility index (Phi) is 4.70. The zero-order valence-corrected chi connectivity index (χ0v) is 14.3. The van der Waals surface area contributed by atoms with Crippen LogP contribution in [0.25, 0.3) is 0 Å². The van der Waals surface area contributed by atoms with E-state index < -0.39 is 0 Å². The smallest absolute Gasteiger partial charge is 0.277 e. The van der Waals surface area contributed by atoms with Gasteiger partial charge in [0.2, 0.25) is 11.8 Å². The number of carbonyl (C=O) groups excluding carboxylic acids is 1. The lowest BCUT2D eigenvalue weighted by Crippen LogP contribution is -2.32. The van der Waals surface area contributed by atoms with Gasteiger partial charge in [0, 0.05) is 25.5 Å². The quantitative estimate of drug-likeness (QED) is 0.776. The minimum absolute atomic E-state index is 0.00349. The maximum absolute atomic E-state index is 12.5. The van der Waals surface area contributed by atoms with Gasteiger partial charge in [0.15, 0.2) is 0 Å². The molecule has 1 saturated heterocycles. The van der Waals surface area contributed by atoms with Gasteiger partial charge in [0.25, 0.3) is 5.22 Å². The van der Waals surface area contributed by atoms with E-state index >= 15 is 0 Å². The number of rotatable bonds is 5. The molecule has 2 aromatic rings. The normalized spacial score (nSPS) is 18.1. The molecule has 2 aromatic heterocycles. The van der Waals surface area contributed by atoms with Crippen molar-refractivity contribution in [2.24, 2.45) is 0 Å². The summed E-state index contributed by atoms with van der Waals surface area (Å²) in [4.78, 5) is 14.4. The van der Waals surface area contributed by atoms with Crippen LogP contribution in [-0.4, -0.2) is 38.5 Å². The van der Waals surface area contributed by atoms with Crippen LogP contribution in [0.1, 0.15) is 56.0 Å². The molecule has 0 bridgehead atoms. The van der Waals surface area contributed by atoms with E-state index in [-0.39, 0.29) is 23.6 Å². The summed E-state index contributed by atoms with van der Waals surface area (Å²) >= 11 is 1.27. The monoisotopic (exact) mass is 336 g/mol. The molecule has 0 aromatic carbocycles. The first kappa shape index (κ1) is 16.0. The van der Waals surface area contributed by atoms with Crippen LogP contribution in [0.3, 0.4) is 0 Å². The predicted molar refractivity (Wildman–Crippen MR) is 84.0 cm³/mol. The van der Waals surface area contributed by atoms with Crippen molar-refractivity contribution >= 4 is 17.7 Å². The van der Waals surface area contributed by atoms with Crippen molar-refractivity contribution in [1.82, 2.24) is 20.3 Å². The molecular weight excluding hydrogens is 316 g/mol. The van der Waals surface area contributed by atoms with Crippen LogP contribution in [0.5, 0.6) is 0 Å². The number of aromatic nitrogens is 3. The van der Waals surface area contributed by atoms with Gasteiger partial charge >= 0.3 is 0 Å². The first-order valence-electron chi connectivity index (χ1n) is 7.73. The van der Waals surface area contributed by atoms with Gasteiger partial charge in [-0.05, 0) is 12.8 Å². The minimum Gasteiger partial charge on any atom is -0.416 e. The molecule has 1 aliphatic rings. The van der Waals surface area contributed by atoms with E-state index in [1.807, 2.05) is 11.0 Å².